The second-order valence-corrected chi connectivity index (χ2v) is 2.30. The van der Waals surface area contributed by atoms with Crippen molar-refractivity contribution >= 4 is 15.9 Å². The molecule has 8 heavy (non-hydrogen) atoms. The summed E-state index contributed by atoms with van der Waals surface area (Å²) in [6.07, 6.45) is 8.14. The van der Waals surface area contributed by atoms with Crippen molar-refractivity contribution < 1.29 is 0 Å². The molecule has 0 radical (unpaired) electrons. The fourth-order valence-electron chi connectivity index (χ4n) is 0.330. The first-order valence-corrected chi connectivity index (χ1v) is 3.62. The molecule has 0 aliphatic carbocycles. The molecule has 0 aromatic heterocycles. The van der Waals surface area contributed by atoms with Gasteiger partial charge in [0.05, 0.1) is 0 Å². The molecule has 0 unspecified atom stereocenters. The largest absolute Gasteiger partial charge is 0.115 e. The van der Waals surface area contributed by atoms with Crippen LogP contribution >= 0.6 is 15.9 Å². The zero-order valence-corrected chi connectivity index (χ0v) is 6.53. The van der Waals surface area contributed by atoms with Crippen LogP contribution in [0.25, 0.3) is 0 Å². The Hall–Kier alpha value is -0.220. The summed E-state index contributed by atoms with van der Waals surface area (Å²) < 4.78 is 0. The van der Waals surface area contributed by atoms with Gasteiger partial charge < -0.3 is 0 Å². The van der Waals surface area contributed by atoms with Crippen LogP contribution in [0.2, 0.25) is 0 Å². The Morgan fingerprint density at radius 3 is 2.88 bits per heavy atom. The quantitative estimate of drug-likeness (QED) is 0.444. The molecule has 0 atom stereocenters. The maximum atomic E-state index is 5.08. The molecule has 44 valence electrons. The van der Waals surface area contributed by atoms with Crippen molar-refractivity contribution in [2.24, 2.45) is 0 Å². The molecule has 0 bridgehead atoms. The van der Waals surface area contributed by atoms with Crippen molar-refractivity contribution in [1.29, 1.82) is 0 Å². The van der Waals surface area contributed by atoms with Gasteiger partial charge in [-0.3, -0.25) is 0 Å². The summed E-state index contributed by atoms with van der Waals surface area (Å²) >= 11 is 3.29. The Bertz CT molecular complexity index is 117. The van der Waals surface area contributed by atoms with E-state index in [0.717, 1.165) is 17.3 Å². The Balaban J connectivity index is 3.46. The molecule has 0 saturated carbocycles. The van der Waals surface area contributed by atoms with Gasteiger partial charge >= 0.3 is 0 Å². The lowest BCUT2D eigenvalue weighted by Gasteiger charge is -1.83. The summed E-state index contributed by atoms with van der Waals surface area (Å²) in [6.45, 7) is 1.93. The van der Waals surface area contributed by atoms with E-state index in [-0.39, 0.29) is 0 Å². The predicted octanol–water partition coefficient (Wildman–Crippen LogP) is 2.35. The van der Waals surface area contributed by atoms with Gasteiger partial charge in [0.2, 0.25) is 0 Å². The van der Waals surface area contributed by atoms with E-state index in [1.54, 1.807) is 0 Å². The summed E-state index contributed by atoms with van der Waals surface area (Å²) in [5, 5.41) is 0.992. The third kappa shape index (κ3) is 3.95. The molecule has 0 fully saturated rings. The van der Waals surface area contributed by atoms with Crippen LogP contribution in [0, 0.1) is 12.3 Å². The number of rotatable bonds is 2. The molecule has 0 aliphatic heterocycles. The number of halogens is 1. The van der Waals surface area contributed by atoms with Gasteiger partial charge in [0, 0.05) is 5.33 Å². The maximum Gasteiger partial charge on any atom is 0.00663 e. The van der Waals surface area contributed by atoms with E-state index in [2.05, 4.69) is 21.9 Å². The Labute approximate surface area is 59.1 Å². The number of alkyl halides is 1. The highest BCUT2D eigenvalue weighted by Gasteiger charge is 1.77. The smallest absolute Gasteiger partial charge is 0.00663 e. The van der Waals surface area contributed by atoms with Crippen LogP contribution in [0.4, 0.5) is 0 Å². The normalized spacial score (nSPS) is 10.9. The van der Waals surface area contributed by atoms with E-state index in [9.17, 15) is 0 Å². The Morgan fingerprint density at radius 1 is 1.88 bits per heavy atom. The number of hydrogen-bond donors (Lipinski definition) is 0. The van der Waals surface area contributed by atoms with E-state index >= 15 is 0 Å². The Kier molecular flexibility index (Phi) is 4.79. The van der Waals surface area contributed by atoms with Crippen LogP contribution in [0.3, 0.4) is 0 Å². The average molecular weight is 173 g/mol. The number of hydrogen-bond acceptors (Lipinski definition) is 0. The molecule has 0 aliphatic rings. The fraction of sp³-hybridized carbons (Fsp3) is 0.429. The summed E-state index contributed by atoms with van der Waals surface area (Å²) in [5.74, 6) is 2.54. The van der Waals surface area contributed by atoms with Gasteiger partial charge in [0.25, 0.3) is 0 Å². The van der Waals surface area contributed by atoms with E-state index in [0.29, 0.717) is 0 Å². The standard InChI is InChI=1S/C7H9Br/c1-3-7(2)5-4-6-8/h1,5H,4,6H2,2H3. The molecule has 0 aromatic carbocycles. The number of terminal acetylenes is 1. The van der Waals surface area contributed by atoms with Crippen molar-refractivity contribution in [1.82, 2.24) is 0 Å². The summed E-state index contributed by atoms with van der Waals surface area (Å²) in [4.78, 5) is 0. The fourth-order valence-corrected chi connectivity index (χ4v) is 0.559. The summed E-state index contributed by atoms with van der Waals surface area (Å²) in [5.41, 5.74) is 1.02. The molecule has 0 saturated heterocycles. The SMILES string of the molecule is C#CC(C)=CCCBr. The van der Waals surface area contributed by atoms with Crippen LogP contribution in [0.1, 0.15) is 13.3 Å². The molecule has 0 N–H and O–H groups in total. The van der Waals surface area contributed by atoms with Crippen LogP contribution in [0.15, 0.2) is 11.6 Å². The number of allylic oxidation sites excluding steroid dienone is 2. The second-order valence-electron chi connectivity index (χ2n) is 1.51. The minimum Gasteiger partial charge on any atom is -0.115 e. The highest BCUT2D eigenvalue weighted by molar-refractivity contribution is 9.09. The first-order chi connectivity index (χ1) is 3.81. The van der Waals surface area contributed by atoms with Crippen LogP contribution < -0.4 is 0 Å². The molecule has 0 rings (SSSR count). The van der Waals surface area contributed by atoms with E-state index in [1.165, 1.54) is 0 Å². The van der Waals surface area contributed by atoms with Gasteiger partial charge in [0.1, 0.15) is 0 Å². The monoisotopic (exact) mass is 172 g/mol. The lowest BCUT2D eigenvalue weighted by atomic mass is 10.3. The third-order valence-electron chi connectivity index (χ3n) is 0.787. The van der Waals surface area contributed by atoms with E-state index in [1.807, 2.05) is 13.0 Å². The van der Waals surface area contributed by atoms with Crippen molar-refractivity contribution in [2.45, 2.75) is 13.3 Å². The molecule has 0 amide bonds. The topological polar surface area (TPSA) is 0 Å². The maximum absolute atomic E-state index is 5.08. The van der Waals surface area contributed by atoms with Gasteiger partial charge in [0.15, 0.2) is 0 Å². The molecule has 0 heterocycles. The van der Waals surface area contributed by atoms with Crippen molar-refractivity contribution in [2.75, 3.05) is 5.33 Å². The second kappa shape index (κ2) is 4.93. The van der Waals surface area contributed by atoms with Gasteiger partial charge in [-0.15, -0.1) is 6.42 Å². The zero-order valence-electron chi connectivity index (χ0n) is 4.95. The van der Waals surface area contributed by atoms with Gasteiger partial charge in [-0.1, -0.05) is 27.9 Å². The zero-order chi connectivity index (χ0) is 6.41. The van der Waals surface area contributed by atoms with Crippen LogP contribution in [-0.4, -0.2) is 5.33 Å². The molecular formula is C7H9Br. The molecule has 0 spiro atoms. The van der Waals surface area contributed by atoms with Crippen molar-refractivity contribution in [3.63, 3.8) is 0 Å². The Morgan fingerprint density at radius 2 is 2.50 bits per heavy atom. The molecule has 0 aromatic rings. The summed E-state index contributed by atoms with van der Waals surface area (Å²) in [6, 6.07) is 0. The lowest BCUT2D eigenvalue weighted by Crippen LogP contribution is -1.70. The summed E-state index contributed by atoms with van der Waals surface area (Å²) in [7, 11) is 0. The third-order valence-corrected chi connectivity index (χ3v) is 1.25. The predicted molar refractivity (Wildman–Crippen MR) is 41.0 cm³/mol. The lowest BCUT2D eigenvalue weighted by molar-refractivity contribution is 1.23. The van der Waals surface area contributed by atoms with E-state index in [4.69, 9.17) is 6.42 Å². The molecular weight excluding hydrogens is 164 g/mol. The molecule has 1 heteroatoms. The van der Waals surface area contributed by atoms with Crippen molar-refractivity contribution in [3.05, 3.63) is 11.6 Å². The highest BCUT2D eigenvalue weighted by atomic mass is 79.9. The van der Waals surface area contributed by atoms with Gasteiger partial charge in [-0.05, 0) is 18.9 Å². The average Bonchev–Trinajstić information content (AvgIpc) is 1.83. The van der Waals surface area contributed by atoms with E-state index < -0.39 is 0 Å². The minimum absolute atomic E-state index is 0.992. The van der Waals surface area contributed by atoms with Crippen LogP contribution in [-0.2, 0) is 0 Å². The molecule has 0 nitrogen and oxygen atoms in total. The van der Waals surface area contributed by atoms with Crippen LogP contribution in [0.5, 0.6) is 0 Å². The van der Waals surface area contributed by atoms with Gasteiger partial charge in [-0.25, -0.2) is 0 Å². The van der Waals surface area contributed by atoms with Gasteiger partial charge in [-0.2, -0.15) is 0 Å². The first kappa shape index (κ1) is 7.78. The first-order valence-electron chi connectivity index (χ1n) is 2.50. The highest BCUT2D eigenvalue weighted by Crippen LogP contribution is 1.94. The minimum atomic E-state index is 0.992. The van der Waals surface area contributed by atoms with Crippen molar-refractivity contribution in [3.8, 4) is 12.3 Å².